The molecule has 1 heterocycles. The Bertz CT molecular complexity index is 365. The van der Waals surface area contributed by atoms with Crippen LogP contribution in [0.2, 0.25) is 0 Å². The van der Waals surface area contributed by atoms with Crippen molar-refractivity contribution in [1.82, 2.24) is 9.80 Å². The zero-order chi connectivity index (χ0) is 15.5. The number of urea groups is 1. The third-order valence-corrected chi connectivity index (χ3v) is 3.52. The zero-order valence-corrected chi connectivity index (χ0v) is 11.5. The minimum atomic E-state index is -4.21. The number of hydrogen-bond acceptors (Lipinski definition) is 2. The number of rotatable bonds is 3. The second-order valence-corrected chi connectivity index (χ2v) is 5.21. The highest BCUT2D eigenvalue weighted by atomic mass is 19.4. The summed E-state index contributed by atoms with van der Waals surface area (Å²) in [6.07, 6.45) is -4.41. The largest absolute Gasteiger partial charge is 0.481 e. The molecule has 2 amide bonds. The minimum absolute atomic E-state index is 0.0351. The Labute approximate surface area is 115 Å². The summed E-state index contributed by atoms with van der Waals surface area (Å²) in [5.74, 6) is -3.08. The summed E-state index contributed by atoms with van der Waals surface area (Å²) in [7, 11) is 1.46. The molecule has 116 valence electrons. The number of alkyl halides is 3. The second kappa shape index (κ2) is 6.32. The maximum atomic E-state index is 12.5. The van der Waals surface area contributed by atoms with Gasteiger partial charge in [-0.25, -0.2) is 4.79 Å². The van der Waals surface area contributed by atoms with Crippen LogP contribution in [0.1, 0.15) is 19.8 Å². The Kier molecular flexibility index (Phi) is 5.24. The summed E-state index contributed by atoms with van der Waals surface area (Å²) in [6.45, 7) is 1.61. The van der Waals surface area contributed by atoms with Crippen LogP contribution in [0.25, 0.3) is 0 Å². The fraction of sp³-hybridized carbons (Fsp3) is 0.833. The maximum Gasteiger partial charge on any atom is 0.391 e. The number of carbonyl (C=O) groups excluding carboxylic acids is 1. The fourth-order valence-corrected chi connectivity index (χ4v) is 2.21. The predicted octanol–water partition coefficient (Wildman–Crippen LogP) is 2.03. The number of carboxylic acids is 1. The van der Waals surface area contributed by atoms with Crippen molar-refractivity contribution in [2.24, 2.45) is 11.8 Å². The molecule has 0 bridgehead atoms. The molecule has 0 aliphatic carbocycles. The number of likely N-dealkylation sites (tertiary alicyclic amines) is 1. The second-order valence-electron chi connectivity index (χ2n) is 5.21. The molecule has 1 atom stereocenters. The molecule has 5 nitrogen and oxygen atoms in total. The van der Waals surface area contributed by atoms with E-state index < -0.39 is 30.0 Å². The van der Waals surface area contributed by atoms with Gasteiger partial charge in [-0.05, 0) is 12.8 Å². The van der Waals surface area contributed by atoms with Crippen LogP contribution in [0, 0.1) is 11.8 Å². The van der Waals surface area contributed by atoms with E-state index >= 15 is 0 Å². The Morgan fingerprint density at radius 3 is 2.25 bits per heavy atom. The molecule has 0 aromatic rings. The van der Waals surface area contributed by atoms with Gasteiger partial charge >= 0.3 is 18.2 Å². The molecule has 0 saturated carbocycles. The normalized spacial score (nSPS) is 18.8. The SMILES string of the molecule is CC(CN(C)C(=O)N1CCC(C(F)(F)F)CC1)C(=O)O. The van der Waals surface area contributed by atoms with E-state index in [1.165, 1.54) is 23.8 Å². The third-order valence-electron chi connectivity index (χ3n) is 3.52. The molecule has 1 aliphatic rings. The van der Waals surface area contributed by atoms with Crippen molar-refractivity contribution in [3.05, 3.63) is 0 Å². The molecule has 0 radical (unpaired) electrons. The summed E-state index contributed by atoms with van der Waals surface area (Å²) in [5, 5.41) is 8.77. The highest BCUT2D eigenvalue weighted by molar-refractivity contribution is 5.76. The van der Waals surface area contributed by atoms with Crippen molar-refractivity contribution in [3.8, 4) is 0 Å². The van der Waals surface area contributed by atoms with E-state index in [0.717, 1.165) is 0 Å². The number of carbonyl (C=O) groups is 2. The van der Waals surface area contributed by atoms with E-state index in [0.29, 0.717) is 0 Å². The summed E-state index contributed by atoms with van der Waals surface area (Å²) in [4.78, 5) is 25.3. The van der Waals surface area contributed by atoms with Crippen molar-refractivity contribution >= 4 is 12.0 Å². The molecule has 1 rings (SSSR count). The van der Waals surface area contributed by atoms with E-state index in [1.54, 1.807) is 0 Å². The van der Waals surface area contributed by atoms with Crippen molar-refractivity contribution < 1.29 is 27.9 Å². The van der Waals surface area contributed by atoms with Crippen LogP contribution in [0.15, 0.2) is 0 Å². The van der Waals surface area contributed by atoms with Gasteiger partial charge in [0.2, 0.25) is 0 Å². The Morgan fingerprint density at radius 1 is 1.35 bits per heavy atom. The van der Waals surface area contributed by atoms with Crippen molar-refractivity contribution in [1.29, 1.82) is 0 Å². The third kappa shape index (κ3) is 4.28. The van der Waals surface area contributed by atoms with Crippen LogP contribution in [0.5, 0.6) is 0 Å². The van der Waals surface area contributed by atoms with E-state index in [2.05, 4.69) is 0 Å². The summed E-state index contributed by atoms with van der Waals surface area (Å²) >= 11 is 0. The first-order valence-electron chi connectivity index (χ1n) is 6.42. The molecule has 0 aromatic carbocycles. The number of carboxylic acid groups (broad SMARTS) is 1. The van der Waals surface area contributed by atoms with E-state index in [1.807, 2.05) is 0 Å². The molecule has 1 unspecified atom stereocenters. The van der Waals surface area contributed by atoms with E-state index in [-0.39, 0.29) is 32.5 Å². The number of aliphatic carboxylic acids is 1. The smallest absolute Gasteiger partial charge is 0.391 e. The van der Waals surface area contributed by atoms with Crippen LogP contribution in [0.3, 0.4) is 0 Å². The molecule has 20 heavy (non-hydrogen) atoms. The van der Waals surface area contributed by atoms with Crippen molar-refractivity contribution in [3.63, 3.8) is 0 Å². The maximum absolute atomic E-state index is 12.5. The van der Waals surface area contributed by atoms with Gasteiger partial charge in [-0.2, -0.15) is 13.2 Å². The Hall–Kier alpha value is -1.47. The summed E-state index contributed by atoms with van der Waals surface area (Å²) in [6, 6.07) is -0.418. The van der Waals surface area contributed by atoms with Crippen LogP contribution in [-0.4, -0.2) is 59.8 Å². The first-order chi connectivity index (χ1) is 9.12. The van der Waals surface area contributed by atoms with E-state index in [9.17, 15) is 22.8 Å². The average molecular weight is 296 g/mol. The average Bonchev–Trinajstić information content (AvgIpc) is 2.36. The van der Waals surface area contributed by atoms with E-state index in [4.69, 9.17) is 5.11 Å². The predicted molar refractivity (Wildman–Crippen MR) is 65.2 cm³/mol. The van der Waals surface area contributed by atoms with Gasteiger partial charge in [0.1, 0.15) is 0 Å². The van der Waals surface area contributed by atoms with Gasteiger partial charge in [0, 0.05) is 26.7 Å². The van der Waals surface area contributed by atoms with Gasteiger partial charge < -0.3 is 14.9 Å². The standard InChI is InChI=1S/C12H19F3N2O3/c1-8(10(18)19)7-16(2)11(20)17-5-3-9(4-6-17)12(13,14)15/h8-9H,3-7H2,1-2H3,(H,18,19). The van der Waals surface area contributed by atoms with Crippen molar-refractivity contribution in [2.75, 3.05) is 26.7 Å². The molecule has 1 saturated heterocycles. The molecular formula is C12H19F3N2O3. The zero-order valence-electron chi connectivity index (χ0n) is 11.5. The topological polar surface area (TPSA) is 60.9 Å². The van der Waals surface area contributed by atoms with Crippen LogP contribution in [0.4, 0.5) is 18.0 Å². The lowest BCUT2D eigenvalue weighted by Gasteiger charge is -2.35. The lowest BCUT2D eigenvalue weighted by molar-refractivity contribution is -0.183. The van der Waals surface area contributed by atoms with Gasteiger partial charge in [-0.15, -0.1) is 0 Å². The number of nitrogens with zero attached hydrogens (tertiary/aromatic N) is 2. The monoisotopic (exact) mass is 296 g/mol. The number of piperidine rings is 1. The van der Waals surface area contributed by atoms with Gasteiger partial charge in [-0.3, -0.25) is 4.79 Å². The Balaban J connectivity index is 2.48. The first-order valence-corrected chi connectivity index (χ1v) is 6.42. The number of hydrogen-bond donors (Lipinski definition) is 1. The minimum Gasteiger partial charge on any atom is -0.481 e. The molecule has 1 N–H and O–H groups in total. The van der Waals surface area contributed by atoms with Crippen LogP contribution >= 0.6 is 0 Å². The van der Waals surface area contributed by atoms with Crippen LogP contribution in [-0.2, 0) is 4.79 Å². The highest BCUT2D eigenvalue weighted by Crippen LogP contribution is 2.34. The lowest BCUT2D eigenvalue weighted by atomic mass is 9.96. The quantitative estimate of drug-likeness (QED) is 0.867. The van der Waals surface area contributed by atoms with Gasteiger partial charge in [0.25, 0.3) is 0 Å². The molecule has 0 aromatic heterocycles. The molecule has 8 heteroatoms. The van der Waals surface area contributed by atoms with Gasteiger partial charge in [0.05, 0.1) is 11.8 Å². The van der Waals surface area contributed by atoms with Crippen molar-refractivity contribution in [2.45, 2.75) is 25.9 Å². The number of halogens is 3. The molecule has 0 spiro atoms. The highest BCUT2D eigenvalue weighted by Gasteiger charge is 2.42. The lowest BCUT2D eigenvalue weighted by Crippen LogP contribution is -2.48. The number of amides is 2. The Morgan fingerprint density at radius 2 is 1.85 bits per heavy atom. The van der Waals surface area contributed by atoms with Gasteiger partial charge in [0.15, 0.2) is 0 Å². The molecule has 1 fully saturated rings. The molecule has 1 aliphatic heterocycles. The first kappa shape index (κ1) is 16.6. The van der Waals surface area contributed by atoms with Gasteiger partial charge in [-0.1, -0.05) is 6.92 Å². The summed E-state index contributed by atoms with van der Waals surface area (Å²) < 4.78 is 37.5. The van der Waals surface area contributed by atoms with Crippen LogP contribution < -0.4 is 0 Å². The molecular weight excluding hydrogens is 277 g/mol. The summed E-state index contributed by atoms with van der Waals surface area (Å²) in [5.41, 5.74) is 0. The fourth-order valence-electron chi connectivity index (χ4n) is 2.21.